The van der Waals surface area contributed by atoms with Gasteiger partial charge in [-0.2, -0.15) is 0 Å². The standard InChI is InChI=1S/C21H27ClN2O/c22-21-12-15-9-16(13-21)11-20(10-15,14-21)19(25)23-17-5-1-2-6-18(17)24-7-3-4-8-24/h1-2,5-6,15-16H,3-4,7-14H2,(H,23,25)/t15-,16-,20?,21?/m1/s1. The van der Waals surface area contributed by atoms with Crippen LogP contribution in [0.5, 0.6) is 0 Å². The van der Waals surface area contributed by atoms with Gasteiger partial charge in [-0.1, -0.05) is 12.1 Å². The smallest absolute Gasteiger partial charge is 0.230 e. The van der Waals surface area contributed by atoms with Crippen molar-refractivity contribution in [1.29, 1.82) is 0 Å². The van der Waals surface area contributed by atoms with E-state index in [4.69, 9.17) is 11.6 Å². The fourth-order valence-corrected chi connectivity index (χ4v) is 7.18. The number of para-hydroxylation sites is 2. The molecule has 0 spiro atoms. The highest BCUT2D eigenvalue weighted by molar-refractivity contribution is 6.24. The first-order chi connectivity index (χ1) is 12.1. The van der Waals surface area contributed by atoms with E-state index < -0.39 is 0 Å². The van der Waals surface area contributed by atoms with Crippen molar-refractivity contribution in [1.82, 2.24) is 0 Å². The van der Waals surface area contributed by atoms with Crippen LogP contribution in [-0.4, -0.2) is 23.9 Å². The van der Waals surface area contributed by atoms with Gasteiger partial charge in [0.1, 0.15) is 0 Å². The molecular formula is C21H27ClN2O. The van der Waals surface area contributed by atoms with Crippen LogP contribution < -0.4 is 10.2 Å². The van der Waals surface area contributed by atoms with E-state index >= 15 is 0 Å². The lowest BCUT2D eigenvalue weighted by molar-refractivity contribution is -0.138. The van der Waals surface area contributed by atoms with Gasteiger partial charge < -0.3 is 10.2 Å². The lowest BCUT2D eigenvalue weighted by atomic mass is 9.49. The number of carbonyl (C=O) groups is 1. The highest BCUT2D eigenvalue weighted by Crippen LogP contribution is 2.64. The Bertz CT molecular complexity index is 683. The van der Waals surface area contributed by atoms with Crippen LogP contribution in [0.1, 0.15) is 51.4 Å². The van der Waals surface area contributed by atoms with Crippen molar-refractivity contribution in [2.24, 2.45) is 17.3 Å². The van der Waals surface area contributed by atoms with Crippen molar-refractivity contribution in [3.05, 3.63) is 24.3 Å². The number of halogens is 1. The van der Waals surface area contributed by atoms with Gasteiger partial charge in [0.15, 0.2) is 0 Å². The Kier molecular flexibility index (Phi) is 3.61. The van der Waals surface area contributed by atoms with Crippen LogP contribution in [0.15, 0.2) is 24.3 Å². The second-order valence-electron chi connectivity index (χ2n) is 9.06. The van der Waals surface area contributed by atoms with Crippen molar-refractivity contribution >= 4 is 28.9 Å². The van der Waals surface area contributed by atoms with E-state index in [-0.39, 0.29) is 16.2 Å². The molecule has 5 aliphatic rings. The van der Waals surface area contributed by atoms with Crippen LogP contribution in [-0.2, 0) is 4.79 Å². The van der Waals surface area contributed by atoms with Crippen molar-refractivity contribution in [2.75, 3.05) is 23.3 Å². The lowest BCUT2D eigenvalue weighted by Crippen LogP contribution is -2.57. The maximum atomic E-state index is 13.4. The summed E-state index contributed by atoms with van der Waals surface area (Å²) >= 11 is 6.91. The zero-order valence-corrected chi connectivity index (χ0v) is 15.5. The Balaban J connectivity index is 1.41. The summed E-state index contributed by atoms with van der Waals surface area (Å²) < 4.78 is 0. The summed E-state index contributed by atoms with van der Waals surface area (Å²) in [5.74, 6) is 1.52. The number of hydrogen-bond acceptors (Lipinski definition) is 2. The van der Waals surface area contributed by atoms with Crippen LogP contribution in [0.4, 0.5) is 11.4 Å². The predicted octanol–water partition coefficient (Wildman–Crippen LogP) is 4.80. The molecule has 4 aliphatic carbocycles. The second-order valence-corrected chi connectivity index (χ2v) is 9.86. The Labute approximate surface area is 155 Å². The number of amides is 1. The Morgan fingerprint density at radius 3 is 2.44 bits per heavy atom. The number of rotatable bonds is 3. The van der Waals surface area contributed by atoms with E-state index in [1.54, 1.807) is 0 Å². The van der Waals surface area contributed by atoms with Crippen LogP contribution in [0, 0.1) is 17.3 Å². The summed E-state index contributed by atoms with van der Waals surface area (Å²) in [6.07, 6.45) is 8.94. The third-order valence-corrected chi connectivity index (χ3v) is 7.51. The van der Waals surface area contributed by atoms with Crippen LogP contribution in [0.25, 0.3) is 0 Å². The van der Waals surface area contributed by atoms with Gasteiger partial charge in [0.2, 0.25) is 5.91 Å². The molecule has 0 unspecified atom stereocenters. The molecule has 4 bridgehead atoms. The molecule has 6 rings (SSSR count). The van der Waals surface area contributed by atoms with E-state index in [9.17, 15) is 4.79 Å². The molecule has 1 aromatic rings. The van der Waals surface area contributed by atoms with Gasteiger partial charge in [-0.3, -0.25) is 4.79 Å². The van der Waals surface area contributed by atoms with E-state index in [0.29, 0.717) is 11.8 Å². The summed E-state index contributed by atoms with van der Waals surface area (Å²) in [5.41, 5.74) is 1.93. The molecule has 1 aliphatic heterocycles. The van der Waals surface area contributed by atoms with Gasteiger partial charge in [-0.05, 0) is 75.3 Å². The number of benzene rings is 1. The molecule has 134 valence electrons. The average Bonchev–Trinajstić information content (AvgIpc) is 3.07. The maximum absolute atomic E-state index is 13.4. The van der Waals surface area contributed by atoms with E-state index in [2.05, 4.69) is 28.4 Å². The van der Waals surface area contributed by atoms with Crippen LogP contribution in [0.2, 0.25) is 0 Å². The largest absolute Gasteiger partial charge is 0.370 e. The molecule has 4 heteroatoms. The minimum Gasteiger partial charge on any atom is -0.370 e. The van der Waals surface area contributed by atoms with Crippen molar-refractivity contribution in [3.8, 4) is 0 Å². The summed E-state index contributed by atoms with van der Waals surface area (Å²) in [7, 11) is 0. The Morgan fingerprint density at radius 1 is 1.08 bits per heavy atom. The highest BCUT2D eigenvalue weighted by atomic mass is 35.5. The van der Waals surface area contributed by atoms with Crippen molar-refractivity contribution in [3.63, 3.8) is 0 Å². The molecule has 0 radical (unpaired) electrons. The zero-order valence-electron chi connectivity index (χ0n) is 14.8. The highest BCUT2D eigenvalue weighted by Gasteiger charge is 2.60. The first-order valence-electron chi connectivity index (χ1n) is 9.90. The number of anilines is 2. The number of nitrogens with zero attached hydrogens (tertiary/aromatic N) is 1. The summed E-state index contributed by atoms with van der Waals surface area (Å²) in [6.45, 7) is 2.18. The van der Waals surface area contributed by atoms with E-state index in [1.807, 2.05) is 6.07 Å². The zero-order chi connectivity index (χ0) is 17.1. The van der Waals surface area contributed by atoms with E-state index in [1.165, 1.54) is 24.9 Å². The maximum Gasteiger partial charge on any atom is 0.230 e. The summed E-state index contributed by atoms with van der Waals surface area (Å²) in [6, 6.07) is 8.30. The Hall–Kier alpha value is -1.22. The van der Waals surface area contributed by atoms with Crippen LogP contribution >= 0.6 is 11.6 Å². The minimum absolute atomic E-state index is 0.115. The van der Waals surface area contributed by atoms with E-state index in [0.717, 1.165) is 50.9 Å². The fourth-order valence-electron chi connectivity index (χ4n) is 6.48. The van der Waals surface area contributed by atoms with Gasteiger partial charge in [0, 0.05) is 18.0 Å². The number of alkyl halides is 1. The SMILES string of the molecule is O=C(Nc1ccccc1N1CCCC1)C12C[C@H]3C[C@@H](CC(Cl)(C3)C1)C2. The minimum atomic E-state index is -0.232. The lowest BCUT2D eigenvalue weighted by Gasteiger charge is -2.59. The first kappa shape index (κ1) is 16.0. The van der Waals surface area contributed by atoms with Gasteiger partial charge >= 0.3 is 0 Å². The molecule has 25 heavy (non-hydrogen) atoms. The fraction of sp³-hybridized carbons (Fsp3) is 0.667. The van der Waals surface area contributed by atoms with Crippen molar-refractivity contribution in [2.45, 2.75) is 56.2 Å². The normalized spacial score (nSPS) is 39.0. The number of nitrogens with one attached hydrogen (secondary N) is 1. The molecule has 2 atom stereocenters. The molecule has 1 N–H and O–H groups in total. The third-order valence-electron chi connectivity index (χ3n) is 7.07. The average molecular weight is 359 g/mol. The number of hydrogen-bond donors (Lipinski definition) is 1. The topological polar surface area (TPSA) is 32.3 Å². The molecule has 0 aromatic heterocycles. The van der Waals surface area contributed by atoms with Crippen LogP contribution in [0.3, 0.4) is 0 Å². The third kappa shape index (κ3) is 2.66. The molecule has 4 saturated carbocycles. The molecule has 1 aromatic carbocycles. The van der Waals surface area contributed by atoms with Crippen molar-refractivity contribution < 1.29 is 4.79 Å². The molecule has 1 saturated heterocycles. The number of carbonyl (C=O) groups excluding carboxylic acids is 1. The molecule has 5 fully saturated rings. The van der Waals surface area contributed by atoms with Gasteiger partial charge in [0.25, 0.3) is 0 Å². The predicted molar refractivity (Wildman–Crippen MR) is 102 cm³/mol. The summed E-state index contributed by atoms with van der Waals surface area (Å²) in [5, 5.41) is 3.32. The van der Waals surface area contributed by atoms with Gasteiger partial charge in [-0.25, -0.2) is 0 Å². The van der Waals surface area contributed by atoms with Gasteiger partial charge in [-0.15, -0.1) is 11.6 Å². The summed E-state index contributed by atoms with van der Waals surface area (Å²) in [4.78, 5) is 15.7. The van der Waals surface area contributed by atoms with Gasteiger partial charge in [0.05, 0.1) is 16.8 Å². The molecule has 1 amide bonds. The monoisotopic (exact) mass is 358 g/mol. The quantitative estimate of drug-likeness (QED) is 0.787. The Morgan fingerprint density at radius 2 is 1.76 bits per heavy atom. The molecule has 1 heterocycles. The second kappa shape index (κ2) is 5.64. The molecular weight excluding hydrogens is 332 g/mol. The molecule has 3 nitrogen and oxygen atoms in total. The first-order valence-corrected chi connectivity index (χ1v) is 10.3.